The number of benzene rings is 1. The van der Waals surface area contributed by atoms with Gasteiger partial charge in [0.15, 0.2) is 11.5 Å². The molecule has 4 nitrogen and oxygen atoms in total. The SMILES string of the molecule is COc1cc(C=O)cc(OC)c1OCC(Cl)=CCl. The maximum absolute atomic E-state index is 10.8. The quantitative estimate of drug-likeness (QED) is 0.755. The second kappa shape index (κ2) is 7.13. The molecule has 0 aliphatic carbocycles. The zero-order chi connectivity index (χ0) is 13.5. The monoisotopic (exact) mass is 290 g/mol. The summed E-state index contributed by atoms with van der Waals surface area (Å²) >= 11 is 11.2. The van der Waals surface area contributed by atoms with Crippen LogP contribution in [0.1, 0.15) is 10.4 Å². The number of carbonyl (C=O) groups is 1. The van der Waals surface area contributed by atoms with Gasteiger partial charge in [-0.25, -0.2) is 0 Å². The Balaban J connectivity index is 3.10. The van der Waals surface area contributed by atoms with E-state index in [1.807, 2.05) is 0 Å². The zero-order valence-electron chi connectivity index (χ0n) is 9.91. The average molecular weight is 291 g/mol. The fraction of sp³-hybridized carbons (Fsp3) is 0.250. The molecule has 0 radical (unpaired) electrons. The highest BCUT2D eigenvalue weighted by atomic mass is 35.5. The molecule has 0 fully saturated rings. The van der Waals surface area contributed by atoms with Gasteiger partial charge < -0.3 is 14.2 Å². The molecule has 0 saturated heterocycles. The van der Waals surface area contributed by atoms with Gasteiger partial charge in [0.1, 0.15) is 12.9 Å². The van der Waals surface area contributed by atoms with Crippen LogP contribution in [-0.4, -0.2) is 27.1 Å². The van der Waals surface area contributed by atoms with E-state index in [2.05, 4.69) is 0 Å². The summed E-state index contributed by atoms with van der Waals surface area (Å²) in [7, 11) is 2.93. The lowest BCUT2D eigenvalue weighted by atomic mass is 10.2. The number of hydrogen-bond acceptors (Lipinski definition) is 4. The van der Waals surface area contributed by atoms with Gasteiger partial charge in [-0.15, -0.1) is 0 Å². The highest BCUT2D eigenvalue weighted by Gasteiger charge is 2.14. The highest BCUT2D eigenvalue weighted by molar-refractivity contribution is 6.36. The van der Waals surface area contributed by atoms with Crippen LogP contribution in [-0.2, 0) is 0 Å². The van der Waals surface area contributed by atoms with Crippen molar-refractivity contribution in [3.05, 3.63) is 28.3 Å². The summed E-state index contributed by atoms with van der Waals surface area (Å²) in [4.78, 5) is 10.8. The third kappa shape index (κ3) is 3.55. The Hall–Kier alpha value is -1.39. The fourth-order valence-electron chi connectivity index (χ4n) is 1.28. The Morgan fingerprint density at radius 3 is 2.22 bits per heavy atom. The van der Waals surface area contributed by atoms with Gasteiger partial charge in [-0.2, -0.15) is 0 Å². The third-order valence-corrected chi connectivity index (χ3v) is 2.69. The number of rotatable bonds is 6. The molecule has 0 aliphatic rings. The molecule has 0 heterocycles. The smallest absolute Gasteiger partial charge is 0.203 e. The number of carbonyl (C=O) groups excluding carboxylic acids is 1. The van der Waals surface area contributed by atoms with Crippen molar-refractivity contribution in [2.75, 3.05) is 20.8 Å². The van der Waals surface area contributed by atoms with Crippen LogP contribution in [0, 0.1) is 0 Å². The molecule has 1 aromatic carbocycles. The molecule has 0 spiro atoms. The number of methoxy groups -OCH3 is 2. The lowest BCUT2D eigenvalue weighted by Gasteiger charge is -2.14. The number of hydrogen-bond donors (Lipinski definition) is 0. The molecule has 6 heteroatoms. The molecule has 0 N–H and O–H groups in total. The molecule has 0 amide bonds. The first kappa shape index (κ1) is 14.7. The zero-order valence-corrected chi connectivity index (χ0v) is 11.4. The molecule has 0 atom stereocenters. The lowest BCUT2D eigenvalue weighted by Crippen LogP contribution is -2.02. The van der Waals surface area contributed by atoms with E-state index in [0.29, 0.717) is 34.1 Å². The summed E-state index contributed by atoms with van der Waals surface area (Å²) in [6, 6.07) is 3.09. The Morgan fingerprint density at radius 2 is 1.83 bits per heavy atom. The predicted octanol–water partition coefficient (Wildman–Crippen LogP) is 3.21. The molecule has 1 aromatic rings. The van der Waals surface area contributed by atoms with Crippen LogP contribution in [0.4, 0.5) is 0 Å². The maximum atomic E-state index is 10.8. The van der Waals surface area contributed by atoms with Crippen LogP contribution in [0.15, 0.2) is 22.7 Å². The second-order valence-electron chi connectivity index (χ2n) is 3.22. The molecule has 18 heavy (non-hydrogen) atoms. The standard InChI is InChI=1S/C12H12Cl2O4/c1-16-10-3-8(6-15)4-11(17-2)12(10)18-7-9(14)5-13/h3-6H,7H2,1-2H3. The molecule has 0 aliphatic heterocycles. The van der Waals surface area contributed by atoms with E-state index in [4.69, 9.17) is 37.4 Å². The molecular formula is C12H12Cl2O4. The van der Waals surface area contributed by atoms with Gasteiger partial charge in [-0.3, -0.25) is 4.79 Å². The Morgan fingerprint density at radius 1 is 1.28 bits per heavy atom. The highest BCUT2D eigenvalue weighted by Crippen LogP contribution is 2.38. The molecule has 98 valence electrons. The average Bonchev–Trinajstić information content (AvgIpc) is 2.43. The molecule has 0 aromatic heterocycles. The Kier molecular flexibility index (Phi) is 5.82. The van der Waals surface area contributed by atoms with Crippen LogP contribution in [0.5, 0.6) is 17.2 Å². The van der Waals surface area contributed by atoms with Crippen molar-refractivity contribution in [2.45, 2.75) is 0 Å². The first-order chi connectivity index (χ1) is 8.65. The molecular weight excluding hydrogens is 279 g/mol. The second-order valence-corrected chi connectivity index (χ2v) is 3.92. The van der Waals surface area contributed by atoms with Crippen LogP contribution >= 0.6 is 23.2 Å². The van der Waals surface area contributed by atoms with Crippen LogP contribution in [0.3, 0.4) is 0 Å². The summed E-state index contributed by atoms with van der Waals surface area (Å²) in [5, 5.41) is 0.334. The number of halogens is 2. The van der Waals surface area contributed by atoms with Gasteiger partial charge in [-0.1, -0.05) is 23.2 Å². The molecule has 1 rings (SSSR count). The third-order valence-electron chi connectivity index (χ3n) is 2.09. The lowest BCUT2D eigenvalue weighted by molar-refractivity contribution is 0.112. The van der Waals surface area contributed by atoms with Gasteiger partial charge in [0.25, 0.3) is 0 Å². The van der Waals surface area contributed by atoms with Gasteiger partial charge in [0.05, 0.1) is 19.3 Å². The minimum Gasteiger partial charge on any atom is -0.493 e. The van der Waals surface area contributed by atoms with Crippen molar-refractivity contribution in [2.24, 2.45) is 0 Å². The van der Waals surface area contributed by atoms with E-state index in [1.165, 1.54) is 19.8 Å². The van der Waals surface area contributed by atoms with E-state index in [-0.39, 0.29) is 6.61 Å². The van der Waals surface area contributed by atoms with Crippen LogP contribution in [0.2, 0.25) is 0 Å². The first-order valence-corrected chi connectivity index (χ1v) is 5.76. The van der Waals surface area contributed by atoms with Crippen LogP contribution < -0.4 is 14.2 Å². The summed E-state index contributed by atoms with van der Waals surface area (Å²) in [5.41, 5.74) is 1.63. The van der Waals surface area contributed by atoms with Gasteiger partial charge in [-0.05, 0) is 12.1 Å². The Bertz CT molecular complexity index is 432. The van der Waals surface area contributed by atoms with Gasteiger partial charge >= 0.3 is 0 Å². The van der Waals surface area contributed by atoms with E-state index in [1.54, 1.807) is 12.1 Å². The largest absolute Gasteiger partial charge is 0.493 e. The topological polar surface area (TPSA) is 44.8 Å². The number of aldehydes is 1. The van der Waals surface area contributed by atoms with E-state index in [9.17, 15) is 4.79 Å². The Labute approximate surface area is 115 Å². The van der Waals surface area contributed by atoms with Crippen molar-refractivity contribution in [3.8, 4) is 17.2 Å². The van der Waals surface area contributed by atoms with Crippen molar-refractivity contribution in [3.63, 3.8) is 0 Å². The summed E-state index contributed by atoms with van der Waals surface area (Å²) in [6.07, 6.45) is 0.695. The van der Waals surface area contributed by atoms with Gasteiger partial charge in [0.2, 0.25) is 5.75 Å². The van der Waals surface area contributed by atoms with Crippen molar-refractivity contribution in [1.29, 1.82) is 0 Å². The molecule has 0 bridgehead atoms. The fourth-order valence-corrected chi connectivity index (χ4v) is 1.40. The minimum atomic E-state index is 0.0816. The van der Waals surface area contributed by atoms with E-state index < -0.39 is 0 Å². The molecule has 0 unspecified atom stereocenters. The number of ether oxygens (including phenoxy) is 3. The summed E-state index contributed by atoms with van der Waals surface area (Å²) < 4.78 is 15.7. The van der Waals surface area contributed by atoms with Crippen molar-refractivity contribution in [1.82, 2.24) is 0 Å². The van der Waals surface area contributed by atoms with Crippen molar-refractivity contribution < 1.29 is 19.0 Å². The van der Waals surface area contributed by atoms with Gasteiger partial charge in [0, 0.05) is 11.1 Å². The van der Waals surface area contributed by atoms with Crippen LogP contribution in [0.25, 0.3) is 0 Å². The maximum Gasteiger partial charge on any atom is 0.203 e. The minimum absolute atomic E-state index is 0.0816. The molecule has 0 saturated carbocycles. The van der Waals surface area contributed by atoms with E-state index in [0.717, 1.165) is 0 Å². The van der Waals surface area contributed by atoms with Crippen molar-refractivity contribution >= 4 is 29.5 Å². The summed E-state index contributed by atoms with van der Waals surface area (Å²) in [5.74, 6) is 1.13. The first-order valence-electron chi connectivity index (χ1n) is 4.95. The summed E-state index contributed by atoms with van der Waals surface area (Å²) in [6.45, 7) is 0.0816. The normalized spacial score (nSPS) is 11.0. The van der Waals surface area contributed by atoms with E-state index >= 15 is 0 Å². The predicted molar refractivity (Wildman–Crippen MR) is 70.2 cm³/mol.